The average Bonchev–Trinajstić information content (AvgIpc) is 2.53. The van der Waals surface area contributed by atoms with E-state index in [4.69, 9.17) is 5.84 Å². The molecular formula is C16H24N4O2S. The van der Waals surface area contributed by atoms with E-state index in [1.807, 2.05) is 43.3 Å². The zero-order valence-corrected chi connectivity index (χ0v) is 14.4. The standard InChI is InChI=1S/C16H24N4O2S/c1-20(2)14-8-9-15-13(12-14)6-5-7-16(15)23(21,22)19-11-4-3-10-18-17/h5-9,12,18-19H,3-4,10-11,17H2,1-2H3. The Morgan fingerprint density at radius 1 is 1.09 bits per heavy atom. The van der Waals surface area contributed by atoms with Gasteiger partial charge >= 0.3 is 0 Å². The molecule has 2 aromatic rings. The normalized spacial score (nSPS) is 11.8. The SMILES string of the molecule is CN(C)c1ccc2c(S(=O)(=O)NCCCCNN)cccc2c1. The molecule has 0 saturated carbocycles. The van der Waals surface area contributed by atoms with Crippen molar-refractivity contribution < 1.29 is 8.42 Å². The smallest absolute Gasteiger partial charge is 0.241 e. The van der Waals surface area contributed by atoms with Gasteiger partial charge in [-0.1, -0.05) is 18.2 Å². The summed E-state index contributed by atoms with van der Waals surface area (Å²) in [6.07, 6.45) is 1.56. The van der Waals surface area contributed by atoms with Crippen LogP contribution in [0.25, 0.3) is 10.8 Å². The Morgan fingerprint density at radius 3 is 2.52 bits per heavy atom. The lowest BCUT2D eigenvalue weighted by Crippen LogP contribution is -2.27. The third kappa shape index (κ3) is 4.42. The van der Waals surface area contributed by atoms with Crippen LogP contribution in [0.1, 0.15) is 12.8 Å². The zero-order valence-electron chi connectivity index (χ0n) is 13.5. The molecule has 7 heteroatoms. The Kier molecular flexibility index (Phi) is 5.95. The number of hydrogen-bond acceptors (Lipinski definition) is 5. The second kappa shape index (κ2) is 7.74. The first-order valence-corrected chi connectivity index (χ1v) is 9.07. The molecule has 6 nitrogen and oxygen atoms in total. The maximum absolute atomic E-state index is 12.5. The summed E-state index contributed by atoms with van der Waals surface area (Å²) in [5, 5.41) is 1.64. The minimum atomic E-state index is -3.52. The van der Waals surface area contributed by atoms with Gasteiger partial charge in [-0.15, -0.1) is 0 Å². The van der Waals surface area contributed by atoms with Gasteiger partial charge in [0.15, 0.2) is 0 Å². The fraction of sp³-hybridized carbons (Fsp3) is 0.375. The van der Waals surface area contributed by atoms with Crippen molar-refractivity contribution in [2.45, 2.75) is 17.7 Å². The quantitative estimate of drug-likeness (QED) is 0.386. The molecule has 0 aromatic heterocycles. The molecule has 0 spiro atoms. The summed E-state index contributed by atoms with van der Waals surface area (Å²) >= 11 is 0. The summed E-state index contributed by atoms with van der Waals surface area (Å²) in [6.45, 7) is 1.07. The maximum atomic E-state index is 12.5. The van der Waals surface area contributed by atoms with Crippen LogP contribution in [-0.2, 0) is 10.0 Å². The highest BCUT2D eigenvalue weighted by atomic mass is 32.2. The fourth-order valence-corrected chi connectivity index (χ4v) is 3.69. The van der Waals surface area contributed by atoms with Crippen molar-refractivity contribution >= 4 is 26.5 Å². The first-order valence-electron chi connectivity index (χ1n) is 7.59. The van der Waals surface area contributed by atoms with Crippen molar-refractivity contribution in [2.75, 3.05) is 32.1 Å². The maximum Gasteiger partial charge on any atom is 0.241 e. The van der Waals surface area contributed by atoms with E-state index in [9.17, 15) is 8.42 Å². The molecule has 2 rings (SSSR count). The van der Waals surface area contributed by atoms with Gasteiger partial charge in [-0.2, -0.15) is 0 Å². The number of nitrogens with zero attached hydrogens (tertiary/aromatic N) is 1. The molecule has 23 heavy (non-hydrogen) atoms. The van der Waals surface area contributed by atoms with Crippen molar-refractivity contribution in [1.82, 2.24) is 10.1 Å². The molecule has 0 fully saturated rings. The Bertz CT molecular complexity index is 760. The van der Waals surface area contributed by atoms with E-state index in [2.05, 4.69) is 10.1 Å². The van der Waals surface area contributed by atoms with Crippen LogP contribution < -0.4 is 20.9 Å². The van der Waals surface area contributed by atoms with Crippen molar-refractivity contribution in [3.05, 3.63) is 36.4 Å². The second-order valence-corrected chi connectivity index (χ2v) is 7.35. The van der Waals surface area contributed by atoms with E-state index < -0.39 is 10.0 Å². The van der Waals surface area contributed by atoms with Crippen LogP contribution in [0.4, 0.5) is 5.69 Å². The Labute approximate surface area is 137 Å². The molecule has 0 amide bonds. The number of benzene rings is 2. The summed E-state index contributed by atoms with van der Waals surface area (Å²) < 4.78 is 27.7. The van der Waals surface area contributed by atoms with Crippen molar-refractivity contribution in [1.29, 1.82) is 0 Å². The third-order valence-corrected chi connectivity index (χ3v) is 5.19. The number of fused-ring (bicyclic) bond motifs is 1. The molecule has 0 aliphatic carbocycles. The molecule has 2 aromatic carbocycles. The molecular weight excluding hydrogens is 312 g/mol. The van der Waals surface area contributed by atoms with E-state index in [1.165, 1.54) is 0 Å². The van der Waals surface area contributed by atoms with Crippen molar-refractivity contribution in [3.8, 4) is 0 Å². The number of sulfonamides is 1. The van der Waals surface area contributed by atoms with Crippen molar-refractivity contribution in [3.63, 3.8) is 0 Å². The minimum absolute atomic E-state index is 0.317. The number of hydrogen-bond donors (Lipinski definition) is 3. The summed E-state index contributed by atoms with van der Waals surface area (Å²) in [5.74, 6) is 5.19. The molecule has 4 N–H and O–H groups in total. The van der Waals surface area contributed by atoms with Crippen LogP contribution in [0, 0.1) is 0 Å². The minimum Gasteiger partial charge on any atom is -0.378 e. The highest BCUT2D eigenvalue weighted by molar-refractivity contribution is 7.89. The largest absolute Gasteiger partial charge is 0.378 e. The highest BCUT2D eigenvalue weighted by Crippen LogP contribution is 2.26. The third-order valence-electron chi connectivity index (χ3n) is 3.67. The topological polar surface area (TPSA) is 87.5 Å². The van der Waals surface area contributed by atoms with Crippen LogP contribution in [0.15, 0.2) is 41.3 Å². The molecule has 0 bridgehead atoms. The van der Waals surface area contributed by atoms with Gasteiger partial charge < -0.3 is 4.90 Å². The number of nitrogens with two attached hydrogens (primary N) is 1. The molecule has 0 atom stereocenters. The lowest BCUT2D eigenvalue weighted by Gasteiger charge is -2.14. The summed E-state index contributed by atoms with van der Waals surface area (Å²) in [5.41, 5.74) is 3.59. The predicted octanol–water partition coefficient (Wildman–Crippen LogP) is 1.43. The number of hydrazine groups is 1. The molecule has 0 aliphatic rings. The Morgan fingerprint density at radius 2 is 1.83 bits per heavy atom. The summed E-state index contributed by atoms with van der Waals surface area (Å²) in [4.78, 5) is 2.31. The zero-order chi connectivity index (χ0) is 16.9. The molecule has 0 unspecified atom stereocenters. The van der Waals surface area contributed by atoms with Gasteiger partial charge in [0.1, 0.15) is 0 Å². The molecule has 0 heterocycles. The van der Waals surface area contributed by atoms with Gasteiger partial charge in [0.05, 0.1) is 4.90 Å². The molecule has 126 valence electrons. The van der Waals surface area contributed by atoms with Crippen LogP contribution in [-0.4, -0.2) is 35.6 Å². The lowest BCUT2D eigenvalue weighted by atomic mass is 10.1. The van der Waals surface area contributed by atoms with Gasteiger partial charge in [-0.05, 0) is 36.4 Å². The summed E-state index contributed by atoms with van der Waals surface area (Å²) in [6, 6.07) is 11.1. The van der Waals surface area contributed by atoms with Gasteiger partial charge in [0, 0.05) is 38.3 Å². The highest BCUT2D eigenvalue weighted by Gasteiger charge is 2.16. The molecule has 0 radical (unpaired) electrons. The summed E-state index contributed by atoms with van der Waals surface area (Å²) in [7, 11) is 0.393. The number of rotatable bonds is 8. The van der Waals surface area contributed by atoms with Gasteiger partial charge in [0.25, 0.3) is 0 Å². The second-order valence-electron chi connectivity index (χ2n) is 5.62. The van der Waals surface area contributed by atoms with Crippen LogP contribution in [0.5, 0.6) is 0 Å². The van der Waals surface area contributed by atoms with Crippen LogP contribution in [0.2, 0.25) is 0 Å². The lowest BCUT2D eigenvalue weighted by molar-refractivity contribution is 0.574. The molecule has 0 saturated heterocycles. The number of unbranched alkanes of at least 4 members (excludes halogenated alkanes) is 1. The van der Waals surface area contributed by atoms with E-state index in [-0.39, 0.29) is 0 Å². The van der Waals surface area contributed by atoms with E-state index in [0.29, 0.717) is 18.0 Å². The van der Waals surface area contributed by atoms with Gasteiger partial charge in [-0.3, -0.25) is 11.3 Å². The van der Waals surface area contributed by atoms with Gasteiger partial charge in [-0.25, -0.2) is 13.1 Å². The number of anilines is 1. The first-order chi connectivity index (χ1) is 11.0. The van der Waals surface area contributed by atoms with Crippen molar-refractivity contribution in [2.24, 2.45) is 5.84 Å². The molecule has 0 aliphatic heterocycles. The van der Waals surface area contributed by atoms with Crippen LogP contribution in [0.3, 0.4) is 0 Å². The van der Waals surface area contributed by atoms with E-state index in [1.54, 1.807) is 12.1 Å². The monoisotopic (exact) mass is 336 g/mol. The average molecular weight is 336 g/mol. The van der Waals surface area contributed by atoms with Gasteiger partial charge in [0.2, 0.25) is 10.0 Å². The number of nitrogens with one attached hydrogen (secondary N) is 2. The first kappa shape index (κ1) is 17.7. The van der Waals surface area contributed by atoms with E-state index >= 15 is 0 Å². The Hall–Kier alpha value is -1.67. The predicted molar refractivity (Wildman–Crippen MR) is 94.9 cm³/mol. The fourth-order valence-electron chi connectivity index (χ4n) is 2.39. The van der Waals surface area contributed by atoms with Crippen LogP contribution >= 0.6 is 0 Å². The van der Waals surface area contributed by atoms with E-state index in [0.717, 1.165) is 29.3 Å². The Balaban J connectivity index is 2.24.